The van der Waals surface area contributed by atoms with Gasteiger partial charge in [-0.1, -0.05) is 18.2 Å². The number of benzene rings is 2. The zero-order chi connectivity index (χ0) is 13.7. The first-order chi connectivity index (χ1) is 9.20. The van der Waals surface area contributed by atoms with Gasteiger partial charge in [-0.2, -0.15) is 0 Å². The number of para-hydroxylation sites is 1. The van der Waals surface area contributed by atoms with Crippen molar-refractivity contribution >= 4 is 11.6 Å². The Morgan fingerprint density at radius 3 is 2.63 bits per heavy atom. The molecule has 0 aliphatic rings. The van der Waals surface area contributed by atoms with Gasteiger partial charge in [0.1, 0.15) is 11.5 Å². The number of phenolic OH excluding ortho intramolecular Hbond substituents is 1. The molecule has 0 unspecified atom stereocenters. The highest BCUT2D eigenvalue weighted by atomic mass is 16.5. The molecule has 0 heterocycles. The van der Waals surface area contributed by atoms with E-state index in [0.717, 1.165) is 0 Å². The lowest BCUT2D eigenvalue weighted by Crippen LogP contribution is -2.13. The van der Waals surface area contributed by atoms with Crippen molar-refractivity contribution in [3.8, 4) is 11.5 Å². The summed E-state index contributed by atoms with van der Waals surface area (Å²) in [6.07, 6.45) is 0. The molecule has 2 rings (SSSR count). The number of hydrogen-bond acceptors (Lipinski definition) is 3. The molecular formula is C15H15NO3. The molecule has 0 bridgehead atoms. The fourth-order valence-electron chi connectivity index (χ4n) is 1.70. The van der Waals surface area contributed by atoms with Gasteiger partial charge in [0.25, 0.3) is 5.91 Å². The molecule has 0 aliphatic heterocycles. The van der Waals surface area contributed by atoms with Crippen LogP contribution in [-0.4, -0.2) is 17.6 Å². The smallest absolute Gasteiger partial charge is 0.259 e. The third-order valence-corrected chi connectivity index (χ3v) is 2.54. The van der Waals surface area contributed by atoms with Gasteiger partial charge >= 0.3 is 0 Å². The molecule has 0 saturated carbocycles. The van der Waals surface area contributed by atoms with Gasteiger partial charge in [0.15, 0.2) is 0 Å². The van der Waals surface area contributed by atoms with E-state index in [0.29, 0.717) is 23.6 Å². The Labute approximate surface area is 111 Å². The second-order valence-electron chi connectivity index (χ2n) is 3.93. The Morgan fingerprint density at radius 1 is 1.21 bits per heavy atom. The SMILES string of the molecule is CCOc1ccc(O)cc1C(=O)Nc1ccccc1. The van der Waals surface area contributed by atoms with Crippen LogP contribution in [0, 0.1) is 0 Å². The number of anilines is 1. The Morgan fingerprint density at radius 2 is 1.95 bits per heavy atom. The zero-order valence-corrected chi connectivity index (χ0v) is 10.6. The summed E-state index contributed by atoms with van der Waals surface area (Å²) in [5, 5.41) is 12.2. The largest absolute Gasteiger partial charge is 0.508 e. The Hall–Kier alpha value is -2.49. The number of hydrogen-bond donors (Lipinski definition) is 2. The molecule has 0 fully saturated rings. The molecule has 2 N–H and O–H groups in total. The summed E-state index contributed by atoms with van der Waals surface area (Å²) in [4.78, 5) is 12.2. The number of ether oxygens (including phenoxy) is 1. The van der Waals surface area contributed by atoms with E-state index in [-0.39, 0.29) is 11.7 Å². The second kappa shape index (κ2) is 5.91. The maximum atomic E-state index is 12.2. The lowest BCUT2D eigenvalue weighted by atomic mass is 10.1. The van der Waals surface area contributed by atoms with Crippen LogP contribution in [0.1, 0.15) is 17.3 Å². The first kappa shape index (κ1) is 13.0. The monoisotopic (exact) mass is 257 g/mol. The van der Waals surface area contributed by atoms with E-state index in [1.54, 1.807) is 18.2 Å². The van der Waals surface area contributed by atoms with Crippen LogP contribution in [-0.2, 0) is 0 Å². The summed E-state index contributed by atoms with van der Waals surface area (Å²) < 4.78 is 5.38. The van der Waals surface area contributed by atoms with Gasteiger partial charge in [0.2, 0.25) is 0 Å². The van der Waals surface area contributed by atoms with E-state index in [1.807, 2.05) is 25.1 Å². The molecule has 98 valence electrons. The molecule has 0 aliphatic carbocycles. The molecule has 4 nitrogen and oxygen atoms in total. The predicted octanol–water partition coefficient (Wildman–Crippen LogP) is 3.04. The number of amides is 1. The minimum Gasteiger partial charge on any atom is -0.508 e. The predicted molar refractivity (Wildman–Crippen MR) is 73.7 cm³/mol. The number of carbonyl (C=O) groups excluding carboxylic acids is 1. The van der Waals surface area contributed by atoms with Crippen LogP contribution in [0.5, 0.6) is 11.5 Å². The summed E-state index contributed by atoms with van der Waals surface area (Å²) in [5.41, 5.74) is 1.00. The Bertz CT molecular complexity index is 567. The fourth-order valence-corrected chi connectivity index (χ4v) is 1.70. The number of phenols is 1. The number of carbonyl (C=O) groups is 1. The van der Waals surface area contributed by atoms with E-state index in [1.165, 1.54) is 12.1 Å². The van der Waals surface area contributed by atoms with Crippen molar-refractivity contribution in [1.29, 1.82) is 0 Å². The van der Waals surface area contributed by atoms with E-state index in [2.05, 4.69) is 5.32 Å². The summed E-state index contributed by atoms with van der Waals surface area (Å²) in [6, 6.07) is 13.6. The zero-order valence-electron chi connectivity index (χ0n) is 10.6. The first-order valence-electron chi connectivity index (χ1n) is 6.03. The highest BCUT2D eigenvalue weighted by molar-refractivity contribution is 6.06. The van der Waals surface area contributed by atoms with Crippen LogP contribution >= 0.6 is 0 Å². The topological polar surface area (TPSA) is 58.6 Å². The molecule has 2 aromatic rings. The van der Waals surface area contributed by atoms with Crippen LogP contribution in [0.2, 0.25) is 0 Å². The van der Waals surface area contributed by atoms with Crippen LogP contribution in [0.25, 0.3) is 0 Å². The van der Waals surface area contributed by atoms with Gasteiger partial charge in [0.05, 0.1) is 12.2 Å². The highest BCUT2D eigenvalue weighted by Crippen LogP contribution is 2.24. The van der Waals surface area contributed by atoms with Crippen molar-refractivity contribution < 1.29 is 14.6 Å². The van der Waals surface area contributed by atoms with Crippen LogP contribution in [0.4, 0.5) is 5.69 Å². The summed E-state index contributed by atoms with van der Waals surface area (Å²) in [5.74, 6) is 0.168. The van der Waals surface area contributed by atoms with Crippen LogP contribution < -0.4 is 10.1 Å². The summed E-state index contributed by atoms with van der Waals surface area (Å²) in [7, 11) is 0. The van der Waals surface area contributed by atoms with Gasteiger partial charge in [-0.3, -0.25) is 4.79 Å². The van der Waals surface area contributed by atoms with Gasteiger partial charge < -0.3 is 15.2 Å². The average molecular weight is 257 g/mol. The maximum absolute atomic E-state index is 12.2. The molecule has 0 radical (unpaired) electrons. The minimum atomic E-state index is -0.314. The third-order valence-electron chi connectivity index (χ3n) is 2.54. The normalized spacial score (nSPS) is 9.95. The molecule has 0 saturated heterocycles. The lowest BCUT2D eigenvalue weighted by Gasteiger charge is -2.11. The van der Waals surface area contributed by atoms with Gasteiger partial charge in [0, 0.05) is 5.69 Å². The third kappa shape index (κ3) is 3.25. The van der Waals surface area contributed by atoms with Crippen molar-refractivity contribution in [2.45, 2.75) is 6.92 Å². The molecule has 2 aromatic carbocycles. The number of nitrogens with one attached hydrogen (secondary N) is 1. The van der Waals surface area contributed by atoms with E-state index >= 15 is 0 Å². The summed E-state index contributed by atoms with van der Waals surface area (Å²) in [6.45, 7) is 2.29. The standard InChI is InChI=1S/C15H15NO3/c1-2-19-14-9-8-12(17)10-13(14)15(18)16-11-6-4-3-5-7-11/h3-10,17H,2H2,1H3,(H,16,18). The van der Waals surface area contributed by atoms with Gasteiger partial charge in [-0.05, 0) is 37.3 Å². The van der Waals surface area contributed by atoms with E-state index < -0.39 is 0 Å². The molecule has 0 aromatic heterocycles. The first-order valence-corrected chi connectivity index (χ1v) is 6.03. The Balaban J connectivity index is 2.25. The van der Waals surface area contributed by atoms with Gasteiger partial charge in [-0.15, -0.1) is 0 Å². The minimum absolute atomic E-state index is 0.0293. The molecule has 1 amide bonds. The van der Waals surface area contributed by atoms with E-state index in [4.69, 9.17) is 4.74 Å². The number of aromatic hydroxyl groups is 1. The fraction of sp³-hybridized carbons (Fsp3) is 0.133. The van der Waals surface area contributed by atoms with Crippen LogP contribution in [0.15, 0.2) is 48.5 Å². The average Bonchev–Trinajstić information content (AvgIpc) is 2.42. The second-order valence-corrected chi connectivity index (χ2v) is 3.93. The van der Waals surface area contributed by atoms with Crippen molar-refractivity contribution in [2.75, 3.05) is 11.9 Å². The molecule has 0 atom stereocenters. The molecular weight excluding hydrogens is 242 g/mol. The molecule has 19 heavy (non-hydrogen) atoms. The summed E-state index contributed by atoms with van der Waals surface area (Å²) >= 11 is 0. The molecule has 0 spiro atoms. The van der Waals surface area contributed by atoms with Crippen molar-refractivity contribution in [3.63, 3.8) is 0 Å². The number of rotatable bonds is 4. The quantitative estimate of drug-likeness (QED) is 0.885. The van der Waals surface area contributed by atoms with Crippen LogP contribution in [0.3, 0.4) is 0 Å². The maximum Gasteiger partial charge on any atom is 0.259 e. The highest BCUT2D eigenvalue weighted by Gasteiger charge is 2.13. The Kier molecular flexibility index (Phi) is 4.03. The van der Waals surface area contributed by atoms with Gasteiger partial charge in [-0.25, -0.2) is 0 Å². The lowest BCUT2D eigenvalue weighted by molar-refractivity contribution is 0.102. The van der Waals surface area contributed by atoms with Crippen molar-refractivity contribution in [2.24, 2.45) is 0 Å². The van der Waals surface area contributed by atoms with Crippen molar-refractivity contribution in [1.82, 2.24) is 0 Å². The molecule has 4 heteroatoms. The van der Waals surface area contributed by atoms with E-state index in [9.17, 15) is 9.90 Å². The van der Waals surface area contributed by atoms with Crippen molar-refractivity contribution in [3.05, 3.63) is 54.1 Å².